The van der Waals surface area contributed by atoms with Gasteiger partial charge in [-0.1, -0.05) is 18.2 Å². The molecule has 20 heavy (non-hydrogen) atoms. The zero-order chi connectivity index (χ0) is 14.7. The summed E-state index contributed by atoms with van der Waals surface area (Å²) in [6, 6.07) is 8.54. The zero-order valence-corrected chi connectivity index (χ0v) is 11.5. The second-order valence-electron chi connectivity index (χ2n) is 4.14. The number of thioether (sulfide) groups is 1. The number of nitrogens with two attached hydrogens (primary N) is 1. The quantitative estimate of drug-likeness (QED) is 0.393. The molecule has 1 unspecified atom stereocenters. The molecule has 0 fully saturated rings. The predicted octanol–water partition coefficient (Wildman–Crippen LogP) is 3.38. The SMILES string of the molecule is CSc1ccc(C(NN)c2ccc(F)c(F)c2F)cc1. The van der Waals surface area contributed by atoms with Gasteiger partial charge in [-0.3, -0.25) is 5.84 Å². The summed E-state index contributed by atoms with van der Waals surface area (Å²) in [5.74, 6) is 1.47. The first-order chi connectivity index (χ1) is 9.58. The third-order valence-electron chi connectivity index (χ3n) is 2.99. The molecule has 0 aliphatic rings. The summed E-state index contributed by atoms with van der Waals surface area (Å²) in [4.78, 5) is 1.04. The fourth-order valence-corrected chi connectivity index (χ4v) is 2.33. The molecule has 2 nitrogen and oxygen atoms in total. The predicted molar refractivity (Wildman–Crippen MR) is 73.7 cm³/mol. The van der Waals surface area contributed by atoms with Gasteiger partial charge in [0.05, 0.1) is 6.04 Å². The van der Waals surface area contributed by atoms with E-state index in [0.29, 0.717) is 5.56 Å². The second-order valence-corrected chi connectivity index (χ2v) is 5.02. The van der Waals surface area contributed by atoms with Crippen molar-refractivity contribution < 1.29 is 13.2 Å². The van der Waals surface area contributed by atoms with E-state index in [9.17, 15) is 13.2 Å². The summed E-state index contributed by atoms with van der Waals surface area (Å²) in [6.07, 6.45) is 1.93. The van der Waals surface area contributed by atoms with Crippen LogP contribution in [0.25, 0.3) is 0 Å². The van der Waals surface area contributed by atoms with Crippen molar-refractivity contribution in [2.24, 2.45) is 5.84 Å². The summed E-state index contributed by atoms with van der Waals surface area (Å²) in [7, 11) is 0. The smallest absolute Gasteiger partial charge is 0.194 e. The van der Waals surface area contributed by atoms with Crippen LogP contribution in [-0.2, 0) is 0 Å². The second kappa shape index (κ2) is 6.30. The molecule has 0 bridgehead atoms. The molecule has 0 aliphatic carbocycles. The maximum absolute atomic E-state index is 13.8. The van der Waals surface area contributed by atoms with Crippen LogP contribution >= 0.6 is 11.8 Å². The van der Waals surface area contributed by atoms with Crippen molar-refractivity contribution >= 4 is 11.8 Å². The van der Waals surface area contributed by atoms with Gasteiger partial charge in [0.2, 0.25) is 0 Å². The van der Waals surface area contributed by atoms with E-state index >= 15 is 0 Å². The van der Waals surface area contributed by atoms with Gasteiger partial charge in [-0.15, -0.1) is 11.8 Å². The van der Waals surface area contributed by atoms with E-state index < -0.39 is 23.5 Å². The highest BCUT2D eigenvalue weighted by Crippen LogP contribution is 2.27. The molecule has 2 aromatic carbocycles. The van der Waals surface area contributed by atoms with Crippen molar-refractivity contribution in [1.29, 1.82) is 0 Å². The summed E-state index contributed by atoms with van der Waals surface area (Å²) >= 11 is 1.56. The van der Waals surface area contributed by atoms with Gasteiger partial charge in [-0.2, -0.15) is 0 Å². The monoisotopic (exact) mass is 298 g/mol. The van der Waals surface area contributed by atoms with Gasteiger partial charge in [0, 0.05) is 10.5 Å². The first-order valence-corrected chi connectivity index (χ1v) is 7.04. The van der Waals surface area contributed by atoms with Gasteiger partial charge >= 0.3 is 0 Å². The Labute approximate surface area is 119 Å². The van der Waals surface area contributed by atoms with E-state index in [-0.39, 0.29) is 5.56 Å². The van der Waals surface area contributed by atoms with Gasteiger partial charge in [-0.05, 0) is 30.0 Å². The highest BCUT2D eigenvalue weighted by molar-refractivity contribution is 7.98. The van der Waals surface area contributed by atoms with Crippen LogP contribution in [0.15, 0.2) is 41.3 Å². The molecule has 106 valence electrons. The van der Waals surface area contributed by atoms with Crippen molar-refractivity contribution in [3.8, 4) is 0 Å². The van der Waals surface area contributed by atoms with Crippen molar-refractivity contribution in [3.63, 3.8) is 0 Å². The lowest BCUT2D eigenvalue weighted by molar-refractivity contribution is 0.433. The lowest BCUT2D eigenvalue weighted by Gasteiger charge is -2.18. The average Bonchev–Trinajstić information content (AvgIpc) is 2.48. The molecular formula is C14H13F3N2S. The first-order valence-electron chi connectivity index (χ1n) is 5.82. The van der Waals surface area contributed by atoms with Gasteiger partial charge in [0.25, 0.3) is 0 Å². The van der Waals surface area contributed by atoms with Crippen LogP contribution in [0, 0.1) is 17.5 Å². The third-order valence-corrected chi connectivity index (χ3v) is 3.74. The van der Waals surface area contributed by atoms with E-state index in [1.165, 1.54) is 6.07 Å². The van der Waals surface area contributed by atoms with Crippen LogP contribution in [0.1, 0.15) is 17.2 Å². The Bertz CT molecular complexity index is 602. The van der Waals surface area contributed by atoms with Gasteiger partial charge in [0.1, 0.15) is 0 Å². The number of halogens is 3. The molecule has 0 saturated carbocycles. The van der Waals surface area contributed by atoms with Crippen molar-refractivity contribution in [2.75, 3.05) is 6.26 Å². The van der Waals surface area contributed by atoms with Crippen molar-refractivity contribution in [2.45, 2.75) is 10.9 Å². The minimum absolute atomic E-state index is 0.0386. The van der Waals surface area contributed by atoms with Crippen LogP contribution in [0.3, 0.4) is 0 Å². The minimum Gasteiger partial charge on any atom is -0.271 e. The number of nitrogens with one attached hydrogen (secondary N) is 1. The summed E-state index contributed by atoms with van der Waals surface area (Å²) < 4.78 is 40.1. The lowest BCUT2D eigenvalue weighted by atomic mass is 9.98. The molecule has 2 aromatic rings. The topological polar surface area (TPSA) is 38.0 Å². The maximum atomic E-state index is 13.8. The Morgan fingerprint density at radius 2 is 1.65 bits per heavy atom. The molecule has 2 rings (SSSR count). The Kier molecular flexibility index (Phi) is 4.69. The molecule has 6 heteroatoms. The highest BCUT2D eigenvalue weighted by Gasteiger charge is 2.21. The van der Waals surface area contributed by atoms with Crippen molar-refractivity contribution in [1.82, 2.24) is 5.43 Å². The van der Waals surface area contributed by atoms with Crippen LogP contribution in [-0.4, -0.2) is 6.26 Å². The molecule has 0 radical (unpaired) electrons. The van der Waals surface area contributed by atoms with Crippen LogP contribution in [0.5, 0.6) is 0 Å². The highest BCUT2D eigenvalue weighted by atomic mass is 32.2. The van der Waals surface area contributed by atoms with Crippen molar-refractivity contribution in [3.05, 3.63) is 65.0 Å². The molecule has 3 N–H and O–H groups in total. The number of rotatable bonds is 4. The molecule has 1 atom stereocenters. The average molecular weight is 298 g/mol. The fraction of sp³-hybridized carbons (Fsp3) is 0.143. The van der Waals surface area contributed by atoms with Crippen LogP contribution in [0.4, 0.5) is 13.2 Å². The standard InChI is InChI=1S/C14H13F3N2S/c1-20-9-4-2-8(3-5-9)14(19-18)10-6-7-11(15)13(17)12(10)16/h2-7,14,19H,18H2,1H3. The molecule has 0 saturated heterocycles. The summed E-state index contributed by atoms with van der Waals surface area (Å²) in [6.45, 7) is 0. The number of hydrogen-bond acceptors (Lipinski definition) is 3. The zero-order valence-electron chi connectivity index (χ0n) is 10.7. The van der Waals surface area contributed by atoms with E-state index in [1.807, 2.05) is 18.4 Å². The molecule has 0 spiro atoms. The minimum atomic E-state index is -1.50. The summed E-state index contributed by atoms with van der Waals surface area (Å²) in [5.41, 5.74) is 3.05. The maximum Gasteiger partial charge on any atom is 0.194 e. The Morgan fingerprint density at radius 3 is 2.20 bits per heavy atom. The van der Waals surface area contributed by atoms with E-state index in [2.05, 4.69) is 5.43 Å². The Balaban J connectivity index is 2.44. The number of hydrogen-bond donors (Lipinski definition) is 2. The number of hydrazine groups is 1. The van der Waals surface area contributed by atoms with E-state index in [4.69, 9.17) is 5.84 Å². The Hall–Kier alpha value is -1.50. The third kappa shape index (κ3) is 2.82. The molecule has 0 aliphatic heterocycles. The van der Waals surface area contributed by atoms with E-state index in [1.54, 1.807) is 23.9 Å². The Morgan fingerprint density at radius 1 is 1.00 bits per heavy atom. The molecule has 0 amide bonds. The van der Waals surface area contributed by atoms with Gasteiger partial charge < -0.3 is 0 Å². The molecule has 0 heterocycles. The summed E-state index contributed by atoms with van der Waals surface area (Å²) in [5, 5.41) is 0. The lowest BCUT2D eigenvalue weighted by Crippen LogP contribution is -2.29. The van der Waals surface area contributed by atoms with E-state index in [0.717, 1.165) is 11.0 Å². The van der Waals surface area contributed by atoms with Gasteiger partial charge in [-0.25, -0.2) is 18.6 Å². The number of benzene rings is 2. The first kappa shape index (κ1) is 14.9. The largest absolute Gasteiger partial charge is 0.271 e. The molecule has 0 aromatic heterocycles. The normalized spacial score (nSPS) is 12.4. The van der Waals surface area contributed by atoms with Gasteiger partial charge in [0.15, 0.2) is 17.5 Å². The fourth-order valence-electron chi connectivity index (χ4n) is 1.93. The van der Waals surface area contributed by atoms with Crippen LogP contribution < -0.4 is 11.3 Å². The molecular weight excluding hydrogens is 285 g/mol. The van der Waals surface area contributed by atoms with Crippen LogP contribution in [0.2, 0.25) is 0 Å².